The van der Waals surface area contributed by atoms with E-state index in [0.717, 1.165) is 36.3 Å². The maximum absolute atomic E-state index is 12.6. The normalized spacial score (nSPS) is 15.8. The maximum Gasteiger partial charge on any atom is 0.252 e. The Morgan fingerprint density at radius 3 is 2.74 bits per heavy atom. The van der Waals surface area contributed by atoms with Crippen molar-refractivity contribution in [3.63, 3.8) is 0 Å². The molecule has 8 heteroatoms. The third-order valence-corrected chi connectivity index (χ3v) is 5.67. The fourth-order valence-electron chi connectivity index (χ4n) is 3.75. The lowest BCUT2D eigenvalue weighted by Crippen LogP contribution is -2.34. The highest BCUT2D eigenvalue weighted by Crippen LogP contribution is 2.17. The summed E-state index contributed by atoms with van der Waals surface area (Å²) in [5.74, 6) is 0.426. The van der Waals surface area contributed by atoms with E-state index in [2.05, 4.69) is 15.6 Å². The number of ether oxygens (including phenoxy) is 1. The molecular weight excluding hydrogens is 416 g/mol. The minimum absolute atomic E-state index is 0.0833. The van der Waals surface area contributed by atoms with Gasteiger partial charge in [-0.15, -0.1) is 0 Å². The number of aromatic nitrogens is 2. The Balaban J connectivity index is 1.41. The molecular formula is C23H25ClN4O3. The van der Waals surface area contributed by atoms with Crippen LogP contribution in [0.4, 0.5) is 0 Å². The van der Waals surface area contributed by atoms with Crippen LogP contribution in [0.2, 0.25) is 5.02 Å². The molecule has 2 N–H and O–H groups in total. The number of nitrogens with one attached hydrogen (secondary N) is 2. The SMILES string of the molecule is O=C(Cn1c(CCNC(=O)c2ccccc2Cl)nc2ccccc21)NCC1CCCO1. The van der Waals surface area contributed by atoms with E-state index in [9.17, 15) is 9.59 Å². The number of fused-ring (bicyclic) bond motifs is 1. The molecule has 2 heterocycles. The summed E-state index contributed by atoms with van der Waals surface area (Å²) >= 11 is 6.10. The highest BCUT2D eigenvalue weighted by molar-refractivity contribution is 6.33. The Morgan fingerprint density at radius 1 is 1.13 bits per heavy atom. The lowest BCUT2D eigenvalue weighted by Gasteiger charge is -2.13. The Hall–Kier alpha value is -2.90. The highest BCUT2D eigenvalue weighted by Gasteiger charge is 2.18. The van der Waals surface area contributed by atoms with Gasteiger partial charge in [0.1, 0.15) is 12.4 Å². The molecule has 1 aromatic heterocycles. The molecule has 4 rings (SSSR count). The highest BCUT2D eigenvalue weighted by atomic mass is 35.5. The summed E-state index contributed by atoms with van der Waals surface area (Å²) in [6.07, 6.45) is 2.61. The van der Waals surface area contributed by atoms with Gasteiger partial charge in [0, 0.05) is 26.1 Å². The largest absolute Gasteiger partial charge is 0.376 e. The van der Waals surface area contributed by atoms with Gasteiger partial charge in [-0.1, -0.05) is 35.9 Å². The van der Waals surface area contributed by atoms with Gasteiger partial charge in [-0.05, 0) is 37.1 Å². The number of imidazole rings is 1. The van der Waals surface area contributed by atoms with Gasteiger partial charge in [-0.25, -0.2) is 4.98 Å². The first kappa shape index (κ1) is 21.3. The summed E-state index contributed by atoms with van der Waals surface area (Å²) in [4.78, 5) is 29.6. The first-order valence-corrected chi connectivity index (χ1v) is 10.8. The lowest BCUT2D eigenvalue weighted by atomic mass is 10.2. The number of para-hydroxylation sites is 2. The van der Waals surface area contributed by atoms with Crippen molar-refractivity contribution in [1.29, 1.82) is 0 Å². The fourth-order valence-corrected chi connectivity index (χ4v) is 3.98. The molecule has 0 bridgehead atoms. The van der Waals surface area contributed by atoms with Crippen molar-refractivity contribution < 1.29 is 14.3 Å². The zero-order valence-corrected chi connectivity index (χ0v) is 17.9. The van der Waals surface area contributed by atoms with E-state index in [0.29, 0.717) is 30.1 Å². The number of hydrogen-bond acceptors (Lipinski definition) is 4. The van der Waals surface area contributed by atoms with Crippen LogP contribution < -0.4 is 10.6 Å². The minimum atomic E-state index is -0.234. The number of halogens is 1. The number of hydrogen-bond donors (Lipinski definition) is 2. The molecule has 31 heavy (non-hydrogen) atoms. The molecule has 1 atom stereocenters. The van der Waals surface area contributed by atoms with Gasteiger partial charge in [-0.3, -0.25) is 9.59 Å². The molecule has 3 aromatic rings. The smallest absolute Gasteiger partial charge is 0.252 e. The summed E-state index contributed by atoms with van der Waals surface area (Å²) in [6, 6.07) is 14.6. The standard InChI is InChI=1S/C23H25ClN4O3/c24-18-8-2-1-7-17(18)23(30)25-12-11-21-27-19-9-3-4-10-20(19)28(21)15-22(29)26-14-16-6-5-13-31-16/h1-4,7-10,16H,5-6,11-15H2,(H,25,30)(H,26,29). The Morgan fingerprint density at radius 2 is 1.94 bits per heavy atom. The van der Waals surface area contributed by atoms with Crippen LogP contribution in [0.3, 0.4) is 0 Å². The molecule has 0 radical (unpaired) electrons. The van der Waals surface area contributed by atoms with E-state index < -0.39 is 0 Å². The molecule has 1 fully saturated rings. The van der Waals surface area contributed by atoms with Crippen LogP contribution in [-0.2, 0) is 22.5 Å². The van der Waals surface area contributed by atoms with E-state index in [1.807, 2.05) is 28.8 Å². The number of amides is 2. The summed E-state index contributed by atoms with van der Waals surface area (Å²) in [7, 11) is 0. The van der Waals surface area contributed by atoms with Crippen LogP contribution in [0, 0.1) is 0 Å². The zero-order chi connectivity index (χ0) is 21.6. The number of carbonyl (C=O) groups excluding carboxylic acids is 2. The van der Waals surface area contributed by atoms with Crippen molar-refractivity contribution in [2.24, 2.45) is 0 Å². The Labute approximate surface area is 185 Å². The third kappa shape index (κ3) is 5.24. The third-order valence-electron chi connectivity index (χ3n) is 5.34. The molecule has 2 aromatic carbocycles. The average Bonchev–Trinajstić information content (AvgIpc) is 3.41. The monoisotopic (exact) mass is 440 g/mol. The van der Waals surface area contributed by atoms with Crippen LogP contribution in [0.5, 0.6) is 0 Å². The van der Waals surface area contributed by atoms with Crippen LogP contribution in [0.1, 0.15) is 29.0 Å². The Bertz CT molecular complexity index is 1080. The quantitative estimate of drug-likeness (QED) is 0.564. The maximum atomic E-state index is 12.6. The number of carbonyl (C=O) groups is 2. The summed E-state index contributed by atoms with van der Waals surface area (Å²) < 4.78 is 7.47. The first-order valence-electron chi connectivity index (χ1n) is 10.5. The average molecular weight is 441 g/mol. The second-order valence-corrected chi connectivity index (χ2v) is 7.93. The molecule has 0 saturated carbocycles. The molecule has 0 aliphatic carbocycles. The number of nitrogens with zero attached hydrogens (tertiary/aromatic N) is 2. The molecule has 1 aliphatic rings. The number of rotatable bonds is 8. The van der Waals surface area contributed by atoms with Crippen molar-refractivity contribution in [2.75, 3.05) is 19.7 Å². The van der Waals surface area contributed by atoms with E-state index >= 15 is 0 Å². The van der Waals surface area contributed by atoms with E-state index in [-0.39, 0.29) is 24.5 Å². The lowest BCUT2D eigenvalue weighted by molar-refractivity contribution is -0.122. The summed E-state index contributed by atoms with van der Waals surface area (Å²) in [5, 5.41) is 6.25. The molecule has 0 spiro atoms. The second-order valence-electron chi connectivity index (χ2n) is 7.53. The van der Waals surface area contributed by atoms with Gasteiger partial charge in [0.15, 0.2) is 0 Å². The summed E-state index contributed by atoms with van der Waals surface area (Å²) in [6.45, 7) is 1.83. The topological polar surface area (TPSA) is 85.2 Å². The van der Waals surface area contributed by atoms with Crippen molar-refractivity contribution in [3.8, 4) is 0 Å². The van der Waals surface area contributed by atoms with Gasteiger partial charge in [-0.2, -0.15) is 0 Å². The van der Waals surface area contributed by atoms with Crippen molar-refractivity contribution in [1.82, 2.24) is 20.2 Å². The van der Waals surface area contributed by atoms with Crippen LogP contribution in [-0.4, -0.2) is 47.2 Å². The fraction of sp³-hybridized carbons (Fsp3) is 0.348. The van der Waals surface area contributed by atoms with Gasteiger partial charge >= 0.3 is 0 Å². The minimum Gasteiger partial charge on any atom is -0.376 e. The molecule has 1 saturated heterocycles. The predicted molar refractivity (Wildman–Crippen MR) is 119 cm³/mol. The van der Waals surface area contributed by atoms with Gasteiger partial charge in [0.25, 0.3) is 5.91 Å². The van der Waals surface area contributed by atoms with E-state index in [1.165, 1.54) is 0 Å². The van der Waals surface area contributed by atoms with Gasteiger partial charge in [0.05, 0.1) is 27.7 Å². The van der Waals surface area contributed by atoms with Crippen molar-refractivity contribution >= 4 is 34.4 Å². The number of benzene rings is 2. The van der Waals surface area contributed by atoms with Crippen LogP contribution >= 0.6 is 11.6 Å². The molecule has 162 valence electrons. The first-order chi connectivity index (χ1) is 15.1. The van der Waals surface area contributed by atoms with Crippen LogP contribution in [0.15, 0.2) is 48.5 Å². The molecule has 7 nitrogen and oxygen atoms in total. The van der Waals surface area contributed by atoms with E-state index in [1.54, 1.807) is 24.3 Å². The predicted octanol–water partition coefficient (Wildman–Crippen LogP) is 2.96. The van der Waals surface area contributed by atoms with Crippen molar-refractivity contribution in [3.05, 3.63) is 64.9 Å². The van der Waals surface area contributed by atoms with Crippen molar-refractivity contribution in [2.45, 2.75) is 31.9 Å². The molecule has 1 aliphatic heterocycles. The molecule has 2 amide bonds. The zero-order valence-electron chi connectivity index (χ0n) is 17.1. The summed E-state index contributed by atoms with van der Waals surface area (Å²) in [5.41, 5.74) is 2.15. The molecule has 1 unspecified atom stereocenters. The van der Waals surface area contributed by atoms with Gasteiger partial charge in [0.2, 0.25) is 5.91 Å². The van der Waals surface area contributed by atoms with Crippen LogP contribution in [0.25, 0.3) is 11.0 Å². The van der Waals surface area contributed by atoms with Gasteiger partial charge < -0.3 is 19.9 Å². The van der Waals surface area contributed by atoms with E-state index in [4.69, 9.17) is 16.3 Å². The Kier molecular flexibility index (Phi) is 6.84. The second kappa shape index (κ2) is 9.94.